The second kappa shape index (κ2) is 11.1. The summed E-state index contributed by atoms with van der Waals surface area (Å²) in [6.07, 6.45) is 3.97. The van der Waals surface area contributed by atoms with E-state index in [1.54, 1.807) is 19.1 Å². The van der Waals surface area contributed by atoms with Gasteiger partial charge < -0.3 is 15.2 Å². The fourth-order valence-corrected chi connectivity index (χ4v) is 4.00. The quantitative estimate of drug-likeness (QED) is 0.208. The molecular weight excluding hydrogens is 450 g/mol. The number of carbonyl (C=O) groups excluding carboxylic acids is 2. The van der Waals surface area contributed by atoms with Crippen LogP contribution in [0.3, 0.4) is 0 Å². The predicted octanol–water partition coefficient (Wildman–Crippen LogP) is 6.65. The van der Waals surface area contributed by atoms with Crippen LogP contribution in [0.15, 0.2) is 95.0 Å². The van der Waals surface area contributed by atoms with Crippen LogP contribution < -0.4 is 10.6 Å². The van der Waals surface area contributed by atoms with Crippen molar-refractivity contribution in [1.29, 1.82) is 0 Å². The summed E-state index contributed by atoms with van der Waals surface area (Å²) in [6.45, 7) is 5.51. The highest BCUT2D eigenvalue weighted by atomic mass is 16.5. The number of nitrogens with one attached hydrogen (secondary N) is 2. The number of benzene rings is 3. The standard InChI is InChI=1S/C30H27N3O3/c1-20(28(35)17-14-23-10-6-4-7-11-23)30(32-25-12-8-5-9-13-25)26-18-24(15-16-27(26)31-19-34)29-21(2)33-36-22(29)3/h4-19,32H,1-3H3,(H,31,34)/b17-14+,30-20-. The maximum Gasteiger partial charge on any atom is 0.211 e. The minimum absolute atomic E-state index is 0.155. The number of anilines is 2. The first kappa shape index (κ1) is 24.4. The highest BCUT2D eigenvalue weighted by molar-refractivity contribution is 6.12. The first-order chi connectivity index (χ1) is 17.5. The topological polar surface area (TPSA) is 84.2 Å². The molecule has 0 saturated heterocycles. The normalized spacial score (nSPS) is 11.8. The van der Waals surface area contributed by atoms with Crippen molar-refractivity contribution in [1.82, 2.24) is 5.16 Å². The van der Waals surface area contributed by atoms with Crippen LogP contribution in [0.2, 0.25) is 0 Å². The molecule has 3 aromatic carbocycles. The summed E-state index contributed by atoms with van der Waals surface area (Å²) in [4.78, 5) is 24.8. The van der Waals surface area contributed by atoms with Gasteiger partial charge in [-0.3, -0.25) is 9.59 Å². The fraction of sp³-hybridized carbons (Fsp3) is 0.100. The number of allylic oxidation sites excluding steroid dienone is 2. The molecule has 1 heterocycles. The van der Waals surface area contributed by atoms with Gasteiger partial charge in [0.2, 0.25) is 6.41 Å². The van der Waals surface area contributed by atoms with Crippen LogP contribution in [0.25, 0.3) is 22.9 Å². The average Bonchev–Trinajstić information content (AvgIpc) is 3.24. The van der Waals surface area contributed by atoms with Gasteiger partial charge in [0, 0.05) is 28.1 Å². The van der Waals surface area contributed by atoms with Gasteiger partial charge in [-0.05, 0) is 62.2 Å². The highest BCUT2D eigenvalue weighted by Crippen LogP contribution is 2.35. The van der Waals surface area contributed by atoms with Crippen molar-refractivity contribution in [3.05, 3.63) is 113 Å². The lowest BCUT2D eigenvalue weighted by Crippen LogP contribution is -2.10. The first-order valence-electron chi connectivity index (χ1n) is 11.6. The lowest BCUT2D eigenvalue weighted by molar-refractivity contribution is -0.111. The maximum atomic E-state index is 13.3. The molecule has 1 aromatic heterocycles. The summed E-state index contributed by atoms with van der Waals surface area (Å²) in [5.74, 6) is 0.534. The predicted molar refractivity (Wildman–Crippen MR) is 144 cm³/mol. The zero-order valence-electron chi connectivity index (χ0n) is 20.4. The van der Waals surface area contributed by atoms with Gasteiger partial charge in [-0.15, -0.1) is 0 Å². The lowest BCUT2D eigenvalue weighted by Gasteiger charge is -2.18. The van der Waals surface area contributed by atoms with E-state index in [4.69, 9.17) is 4.52 Å². The Morgan fingerprint density at radius 2 is 1.64 bits per heavy atom. The fourth-order valence-electron chi connectivity index (χ4n) is 4.00. The molecule has 0 bridgehead atoms. The van der Waals surface area contributed by atoms with Crippen molar-refractivity contribution >= 4 is 35.3 Å². The Morgan fingerprint density at radius 1 is 0.944 bits per heavy atom. The van der Waals surface area contributed by atoms with Crippen molar-refractivity contribution in [2.75, 3.05) is 10.6 Å². The Kier molecular flexibility index (Phi) is 7.56. The summed E-state index contributed by atoms with van der Waals surface area (Å²) in [5.41, 5.74) is 6.56. The largest absolute Gasteiger partial charge is 0.361 e. The molecule has 0 aliphatic rings. The molecule has 0 saturated carbocycles. The molecule has 0 aliphatic heterocycles. The summed E-state index contributed by atoms with van der Waals surface area (Å²) in [6, 6.07) is 24.9. The molecule has 0 atom stereocenters. The number of hydrogen-bond donors (Lipinski definition) is 2. The van der Waals surface area contributed by atoms with Crippen LogP contribution >= 0.6 is 0 Å². The minimum Gasteiger partial charge on any atom is -0.361 e. The molecule has 0 fully saturated rings. The second-order valence-electron chi connectivity index (χ2n) is 8.32. The van der Waals surface area contributed by atoms with Crippen LogP contribution in [0.4, 0.5) is 11.4 Å². The molecule has 36 heavy (non-hydrogen) atoms. The number of nitrogens with zero attached hydrogens (tertiary/aromatic N) is 1. The van der Waals surface area contributed by atoms with E-state index < -0.39 is 0 Å². The van der Waals surface area contributed by atoms with Crippen LogP contribution in [0.1, 0.15) is 29.5 Å². The number of para-hydroxylation sites is 1. The van der Waals surface area contributed by atoms with E-state index in [2.05, 4.69) is 15.8 Å². The number of ketones is 1. The van der Waals surface area contributed by atoms with Gasteiger partial charge in [-0.1, -0.05) is 65.8 Å². The number of rotatable bonds is 9. The number of amides is 1. The van der Waals surface area contributed by atoms with Crippen molar-refractivity contribution in [3.8, 4) is 11.1 Å². The van der Waals surface area contributed by atoms with E-state index in [1.165, 1.54) is 0 Å². The zero-order valence-corrected chi connectivity index (χ0v) is 20.4. The number of aromatic nitrogens is 1. The third-order valence-electron chi connectivity index (χ3n) is 5.84. The van der Waals surface area contributed by atoms with E-state index in [9.17, 15) is 9.59 Å². The van der Waals surface area contributed by atoms with Crippen LogP contribution in [-0.4, -0.2) is 17.4 Å². The van der Waals surface area contributed by atoms with E-state index in [-0.39, 0.29) is 5.78 Å². The van der Waals surface area contributed by atoms with Crippen LogP contribution in [0, 0.1) is 13.8 Å². The monoisotopic (exact) mass is 477 g/mol. The maximum absolute atomic E-state index is 13.3. The zero-order chi connectivity index (χ0) is 25.5. The second-order valence-corrected chi connectivity index (χ2v) is 8.32. The van der Waals surface area contributed by atoms with Crippen molar-refractivity contribution in [2.45, 2.75) is 20.8 Å². The molecule has 2 N–H and O–H groups in total. The van der Waals surface area contributed by atoms with Crippen LogP contribution in [0.5, 0.6) is 0 Å². The SMILES string of the molecule is C/C(C(=O)/C=C/c1ccccc1)=C(/Nc1ccccc1)c1cc(-c2c(C)noc2C)ccc1NC=O. The molecule has 6 nitrogen and oxygen atoms in total. The average molecular weight is 478 g/mol. The Bertz CT molecular complexity index is 1420. The van der Waals surface area contributed by atoms with Gasteiger partial charge in [-0.25, -0.2) is 0 Å². The third kappa shape index (κ3) is 5.50. The third-order valence-corrected chi connectivity index (χ3v) is 5.84. The molecule has 6 heteroatoms. The van der Waals surface area contributed by atoms with Gasteiger partial charge >= 0.3 is 0 Å². The summed E-state index contributed by atoms with van der Waals surface area (Å²) >= 11 is 0. The summed E-state index contributed by atoms with van der Waals surface area (Å²) < 4.78 is 5.37. The molecule has 180 valence electrons. The Balaban J connectivity index is 1.86. The van der Waals surface area contributed by atoms with E-state index >= 15 is 0 Å². The minimum atomic E-state index is -0.155. The number of aryl methyl sites for hydroxylation is 2. The Labute approximate surface area is 210 Å². The molecule has 4 rings (SSSR count). The molecule has 1 amide bonds. The van der Waals surface area contributed by atoms with E-state index in [0.29, 0.717) is 34.7 Å². The molecular formula is C30H27N3O3. The van der Waals surface area contributed by atoms with E-state index in [0.717, 1.165) is 28.1 Å². The molecule has 0 radical (unpaired) electrons. The van der Waals surface area contributed by atoms with E-state index in [1.807, 2.05) is 92.7 Å². The molecule has 0 spiro atoms. The Hall–Kier alpha value is -4.71. The van der Waals surface area contributed by atoms with Crippen molar-refractivity contribution in [3.63, 3.8) is 0 Å². The Morgan fingerprint density at radius 3 is 2.28 bits per heavy atom. The van der Waals surface area contributed by atoms with Crippen molar-refractivity contribution < 1.29 is 14.1 Å². The highest BCUT2D eigenvalue weighted by Gasteiger charge is 2.19. The van der Waals surface area contributed by atoms with Gasteiger partial charge in [-0.2, -0.15) is 0 Å². The number of carbonyl (C=O) groups is 2. The smallest absolute Gasteiger partial charge is 0.211 e. The summed E-state index contributed by atoms with van der Waals surface area (Å²) in [5, 5.41) is 10.2. The molecule has 0 aliphatic carbocycles. The number of hydrogen-bond acceptors (Lipinski definition) is 5. The summed E-state index contributed by atoms with van der Waals surface area (Å²) in [7, 11) is 0. The molecule has 4 aromatic rings. The van der Waals surface area contributed by atoms with Crippen LogP contribution in [-0.2, 0) is 9.59 Å². The first-order valence-corrected chi connectivity index (χ1v) is 11.6. The van der Waals surface area contributed by atoms with Gasteiger partial charge in [0.1, 0.15) is 5.76 Å². The molecule has 0 unspecified atom stereocenters. The lowest BCUT2D eigenvalue weighted by atomic mass is 9.96. The van der Waals surface area contributed by atoms with Crippen molar-refractivity contribution in [2.24, 2.45) is 0 Å². The van der Waals surface area contributed by atoms with Gasteiger partial charge in [0.25, 0.3) is 0 Å². The van der Waals surface area contributed by atoms with Gasteiger partial charge in [0.15, 0.2) is 5.78 Å². The van der Waals surface area contributed by atoms with Gasteiger partial charge in [0.05, 0.1) is 11.4 Å².